The number of carbonyl (C=O) groups is 2. The summed E-state index contributed by atoms with van der Waals surface area (Å²) in [4.78, 5) is 24.1. The molecule has 0 bridgehead atoms. The maximum absolute atomic E-state index is 11.5. The Morgan fingerprint density at radius 2 is 1.64 bits per heavy atom. The Balaban J connectivity index is 0.00000135. The van der Waals surface area contributed by atoms with E-state index in [0.29, 0.717) is 6.61 Å². The third kappa shape index (κ3) is 9.80. The van der Waals surface area contributed by atoms with Crippen molar-refractivity contribution in [3.63, 3.8) is 0 Å². The summed E-state index contributed by atoms with van der Waals surface area (Å²) in [5.74, 6) is -0.333. The summed E-state index contributed by atoms with van der Waals surface area (Å²) in [7, 11) is 1.59. The van der Waals surface area contributed by atoms with Crippen LogP contribution in [0.25, 0.3) is 0 Å². The van der Waals surface area contributed by atoms with Crippen LogP contribution in [0.3, 0.4) is 0 Å². The van der Waals surface area contributed by atoms with Crippen LogP contribution >= 0.6 is 0 Å². The number of rotatable bonds is 6. The molecular weight excluding hydrogens is 282 g/mol. The molecule has 0 saturated heterocycles. The van der Waals surface area contributed by atoms with Crippen LogP contribution in [0.4, 0.5) is 4.79 Å². The molecule has 0 aliphatic carbocycles. The first-order chi connectivity index (χ1) is 10.5. The first kappa shape index (κ1) is 20.0. The quantitative estimate of drug-likeness (QED) is 0.753. The minimum Gasteiger partial charge on any atom is -0.461 e. The normalized spacial score (nSPS) is 9.27. The van der Waals surface area contributed by atoms with Gasteiger partial charge in [-0.05, 0) is 12.5 Å². The highest BCUT2D eigenvalue weighted by molar-refractivity contribution is 5.71. The first-order valence-corrected chi connectivity index (χ1v) is 7.62. The molecule has 1 aromatic carbocycles. The van der Waals surface area contributed by atoms with Crippen LogP contribution in [-0.4, -0.2) is 37.2 Å². The van der Waals surface area contributed by atoms with Gasteiger partial charge in [0.15, 0.2) is 0 Å². The van der Waals surface area contributed by atoms with Crippen molar-refractivity contribution in [2.75, 3.05) is 20.2 Å². The van der Waals surface area contributed by atoms with Gasteiger partial charge in [0.25, 0.3) is 0 Å². The number of ether oxygens (including phenoxy) is 2. The molecule has 0 aromatic heterocycles. The van der Waals surface area contributed by atoms with Crippen LogP contribution in [-0.2, 0) is 20.9 Å². The second-order valence-electron chi connectivity index (χ2n) is 4.72. The Bertz CT molecular complexity index is 420. The number of amides is 1. The molecule has 0 aliphatic rings. The monoisotopic (exact) mass is 309 g/mol. The molecule has 5 nitrogen and oxygen atoms in total. The van der Waals surface area contributed by atoms with Crippen molar-refractivity contribution in [2.45, 2.75) is 40.2 Å². The van der Waals surface area contributed by atoms with Crippen LogP contribution in [0.1, 0.15) is 39.2 Å². The molecular formula is C17H27NO4. The highest BCUT2D eigenvalue weighted by Gasteiger charge is 2.11. The fraction of sp³-hybridized carbons (Fsp3) is 0.529. The Labute approximate surface area is 133 Å². The van der Waals surface area contributed by atoms with Gasteiger partial charge >= 0.3 is 12.1 Å². The molecule has 1 aromatic rings. The van der Waals surface area contributed by atoms with E-state index < -0.39 is 6.09 Å². The van der Waals surface area contributed by atoms with E-state index in [0.717, 1.165) is 5.56 Å². The van der Waals surface area contributed by atoms with Gasteiger partial charge in [-0.15, -0.1) is 0 Å². The fourth-order valence-corrected chi connectivity index (χ4v) is 1.39. The van der Waals surface area contributed by atoms with Gasteiger partial charge in [-0.2, -0.15) is 0 Å². The van der Waals surface area contributed by atoms with Gasteiger partial charge in [-0.25, -0.2) is 4.79 Å². The predicted octanol–water partition coefficient (Wildman–Crippen LogP) is 3.62. The maximum atomic E-state index is 11.5. The van der Waals surface area contributed by atoms with E-state index in [4.69, 9.17) is 9.47 Å². The van der Waals surface area contributed by atoms with Gasteiger partial charge in [-0.1, -0.05) is 50.6 Å². The Kier molecular flexibility index (Phi) is 11.5. The van der Waals surface area contributed by atoms with Crippen molar-refractivity contribution < 1.29 is 19.1 Å². The van der Waals surface area contributed by atoms with Gasteiger partial charge in [0, 0.05) is 13.6 Å². The second-order valence-corrected chi connectivity index (χ2v) is 4.72. The number of hydrogen-bond donors (Lipinski definition) is 0. The van der Waals surface area contributed by atoms with E-state index in [9.17, 15) is 9.59 Å². The predicted molar refractivity (Wildman–Crippen MR) is 86.5 cm³/mol. The minimum atomic E-state index is -0.432. The summed E-state index contributed by atoms with van der Waals surface area (Å²) in [5.41, 5.74) is 0.939. The second kappa shape index (κ2) is 12.7. The van der Waals surface area contributed by atoms with Crippen LogP contribution in [0.15, 0.2) is 30.3 Å². The number of hydrogen-bond acceptors (Lipinski definition) is 4. The van der Waals surface area contributed by atoms with Crippen molar-refractivity contribution in [2.24, 2.45) is 0 Å². The van der Waals surface area contributed by atoms with E-state index in [1.807, 2.05) is 30.3 Å². The third-order valence-electron chi connectivity index (χ3n) is 2.47. The zero-order valence-corrected chi connectivity index (χ0v) is 14.0. The maximum Gasteiger partial charge on any atom is 0.409 e. The Morgan fingerprint density at radius 1 is 1.05 bits per heavy atom. The molecule has 0 fully saturated rings. The minimum absolute atomic E-state index is 0.155. The number of nitrogens with zero attached hydrogens (tertiary/aromatic N) is 1. The molecule has 0 N–H and O–H groups in total. The summed E-state index contributed by atoms with van der Waals surface area (Å²) < 4.78 is 9.90. The Morgan fingerprint density at radius 3 is 2.18 bits per heavy atom. The highest BCUT2D eigenvalue weighted by Crippen LogP contribution is 2.02. The SMILES string of the molecule is CCC.CCOC(=O)N(C)CCC(=O)OCc1ccccc1. The summed E-state index contributed by atoms with van der Waals surface area (Å²) in [5, 5.41) is 0. The molecule has 0 unspecified atom stereocenters. The average Bonchev–Trinajstić information content (AvgIpc) is 2.52. The summed E-state index contributed by atoms with van der Waals surface area (Å²) in [6.07, 6.45) is 0.973. The Hall–Kier alpha value is -2.04. The van der Waals surface area contributed by atoms with Crippen molar-refractivity contribution in [1.29, 1.82) is 0 Å². The van der Waals surface area contributed by atoms with Gasteiger partial charge in [0.2, 0.25) is 0 Å². The van der Waals surface area contributed by atoms with E-state index in [2.05, 4.69) is 13.8 Å². The molecule has 5 heteroatoms. The topological polar surface area (TPSA) is 55.8 Å². The van der Waals surface area contributed by atoms with E-state index in [1.165, 1.54) is 11.3 Å². The molecule has 1 amide bonds. The van der Waals surface area contributed by atoms with E-state index >= 15 is 0 Å². The zero-order chi connectivity index (χ0) is 16.8. The molecule has 0 saturated carbocycles. The zero-order valence-electron chi connectivity index (χ0n) is 14.0. The number of benzene rings is 1. The van der Waals surface area contributed by atoms with Crippen LogP contribution in [0, 0.1) is 0 Å². The largest absolute Gasteiger partial charge is 0.461 e. The molecule has 0 spiro atoms. The van der Waals surface area contributed by atoms with Gasteiger partial charge in [-0.3, -0.25) is 4.79 Å². The standard InChI is InChI=1S/C14H19NO4.C3H8/c1-3-18-14(17)15(2)10-9-13(16)19-11-12-7-5-4-6-8-12;1-3-2/h4-8H,3,9-11H2,1-2H3;3H2,1-2H3. The lowest BCUT2D eigenvalue weighted by molar-refractivity contribution is -0.145. The summed E-state index contributed by atoms with van der Waals surface area (Å²) in [6.45, 7) is 6.84. The van der Waals surface area contributed by atoms with Crippen LogP contribution in [0.5, 0.6) is 0 Å². The highest BCUT2D eigenvalue weighted by atomic mass is 16.6. The molecule has 1 rings (SSSR count). The van der Waals surface area contributed by atoms with Crippen molar-refractivity contribution in [3.05, 3.63) is 35.9 Å². The number of esters is 1. The molecule has 0 heterocycles. The summed E-state index contributed by atoms with van der Waals surface area (Å²) >= 11 is 0. The molecule has 124 valence electrons. The van der Waals surface area contributed by atoms with Crippen molar-refractivity contribution >= 4 is 12.1 Å². The van der Waals surface area contributed by atoms with Gasteiger partial charge in [0.1, 0.15) is 6.61 Å². The fourth-order valence-electron chi connectivity index (χ4n) is 1.39. The van der Waals surface area contributed by atoms with Gasteiger partial charge < -0.3 is 14.4 Å². The molecule has 0 atom stereocenters. The smallest absolute Gasteiger partial charge is 0.409 e. The van der Waals surface area contributed by atoms with Crippen LogP contribution in [0.2, 0.25) is 0 Å². The van der Waals surface area contributed by atoms with Gasteiger partial charge in [0.05, 0.1) is 13.0 Å². The average molecular weight is 309 g/mol. The number of carbonyl (C=O) groups excluding carboxylic acids is 2. The lowest BCUT2D eigenvalue weighted by atomic mass is 10.2. The first-order valence-electron chi connectivity index (χ1n) is 7.62. The van der Waals surface area contributed by atoms with E-state index in [1.54, 1.807) is 14.0 Å². The van der Waals surface area contributed by atoms with Crippen molar-refractivity contribution in [1.82, 2.24) is 4.90 Å². The van der Waals surface area contributed by atoms with Crippen LogP contribution < -0.4 is 0 Å². The third-order valence-corrected chi connectivity index (χ3v) is 2.47. The molecule has 0 radical (unpaired) electrons. The van der Waals surface area contributed by atoms with E-state index in [-0.39, 0.29) is 25.5 Å². The molecule has 22 heavy (non-hydrogen) atoms. The molecule has 0 aliphatic heterocycles. The summed E-state index contributed by atoms with van der Waals surface area (Å²) in [6, 6.07) is 9.45. The lowest BCUT2D eigenvalue weighted by Gasteiger charge is -2.15. The lowest BCUT2D eigenvalue weighted by Crippen LogP contribution is -2.29. The van der Waals surface area contributed by atoms with Crippen molar-refractivity contribution in [3.8, 4) is 0 Å².